The number of nitrogens with zero attached hydrogens (tertiary/aromatic N) is 2. The van der Waals surface area contributed by atoms with Crippen molar-refractivity contribution in [1.82, 2.24) is 4.31 Å². The Labute approximate surface area is 153 Å². The zero-order valence-corrected chi connectivity index (χ0v) is 15.2. The van der Waals surface area contributed by atoms with Crippen LogP contribution in [0.4, 0.5) is 5.69 Å². The molecule has 1 saturated heterocycles. The van der Waals surface area contributed by atoms with Crippen molar-refractivity contribution in [2.24, 2.45) is 0 Å². The number of ether oxygens (including phenoxy) is 1. The van der Waals surface area contributed by atoms with Gasteiger partial charge in [0, 0.05) is 13.5 Å². The molecule has 1 fully saturated rings. The van der Waals surface area contributed by atoms with Crippen LogP contribution in [0.5, 0.6) is 5.75 Å². The first-order valence-corrected chi connectivity index (χ1v) is 10.1. The zero-order valence-electron chi connectivity index (χ0n) is 14.4. The molecule has 7 heteroatoms. The Kier molecular flexibility index (Phi) is 4.20. The third-order valence-electron chi connectivity index (χ3n) is 4.90. The quantitative estimate of drug-likeness (QED) is 0.827. The lowest BCUT2D eigenvalue weighted by Crippen LogP contribution is -2.47. The molecule has 2 aliphatic heterocycles. The summed E-state index contributed by atoms with van der Waals surface area (Å²) in [6.45, 7) is 0.188. The maximum absolute atomic E-state index is 13.0. The van der Waals surface area contributed by atoms with Crippen LogP contribution in [0.2, 0.25) is 0 Å². The highest BCUT2D eigenvalue weighted by Crippen LogP contribution is 2.36. The van der Waals surface area contributed by atoms with Crippen molar-refractivity contribution in [3.63, 3.8) is 0 Å². The van der Waals surface area contributed by atoms with Crippen LogP contribution in [0.1, 0.15) is 12.0 Å². The maximum atomic E-state index is 13.0. The summed E-state index contributed by atoms with van der Waals surface area (Å²) in [4.78, 5) is 14.5. The smallest absolute Gasteiger partial charge is 0.245 e. The number of carbonyl (C=O) groups is 1. The van der Waals surface area contributed by atoms with E-state index in [1.165, 1.54) is 9.21 Å². The van der Waals surface area contributed by atoms with Crippen molar-refractivity contribution in [1.29, 1.82) is 0 Å². The third-order valence-corrected chi connectivity index (χ3v) is 6.72. The number of rotatable bonds is 3. The Bertz CT molecular complexity index is 930. The molecule has 2 aromatic rings. The van der Waals surface area contributed by atoms with Gasteiger partial charge in [-0.25, -0.2) is 8.42 Å². The molecule has 0 aromatic heterocycles. The van der Waals surface area contributed by atoms with Crippen molar-refractivity contribution in [3.05, 3.63) is 60.2 Å². The van der Waals surface area contributed by atoms with E-state index in [4.69, 9.17) is 4.74 Å². The Hall–Kier alpha value is -2.38. The summed E-state index contributed by atoms with van der Waals surface area (Å²) in [5.41, 5.74) is 1.36. The van der Waals surface area contributed by atoms with Gasteiger partial charge in [0.25, 0.3) is 0 Å². The molecule has 0 radical (unpaired) electrons. The van der Waals surface area contributed by atoms with E-state index in [1.54, 1.807) is 31.3 Å². The first kappa shape index (κ1) is 17.1. The van der Waals surface area contributed by atoms with Gasteiger partial charge in [-0.3, -0.25) is 4.79 Å². The molecule has 0 spiro atoms. The monoisotopic (exact) mass is 372 g/mol. The van der Waals surface area contributed by atoms with Crippen LogP contribution < -0.4 is 9.64 Å². The van der Waals surface area contributed by atoms with E-state index in [9.17, 15) is 13.2 Å². The van der Waals surface area contributed by atoms with E-state index in [-0.39, 0.29) is 24.3 Å². The predicted molar refractivity (Wildman–Crippen MR) is 98.4 cm³/mol. The average molecular weight is 372 g/mol. The lowest BCUT2D eigenvalue weighted by Gasteiger charge is -2.28. The standard InChI is InChI=1S/C19H20N2O4S/c1-20-16-9-5-6-10-18(16)25-15-11-17(19(20)22)21(12-15)26(23,24)13-14-7-3-2-4-8-14/h2-10,15,17H,11-13H2,1H3/t15-,17-/m0/s1. The SMILES string of the molecule is CN1C(=O)[C@@H]2C[C@@H](CN2S(=O)(=O)Cc2ccccc2)Oc2ccccc21. The molecular weight excluding hydrogens is 352 g/mol. The molecule has 4 rings (SSSR count). The van der Waals surface area contributed by atoms with Gasteiger partial charge in [0.15, 0.2) is 0 Å². The van der Waals surface area contributed by atoms with Gasteiger partial charge in [0.1, 0.15) is 17.9 Å². The first-order valence-electron chi connectivity index (χ1n) is 8.52. The second kappa shape index (κ2) is 6.41. The van der Waals surface area contributed by atoms with E-state index in [1.807, 2.05) is 30.3 Å². The second-order valence-electron chi connectivity index (χ2n) is 6.67. The zero-order chi connectivity index (χ0) is 18.3. The molecule has 0 N–H and O–H groups in total. The number of amides is 1. The predicted octanol–water partition coefficient (Wildman–Crippen LogP) is 2.01. The summed E-state index contributed by atoms with van der Waals surface area (Å²) in [5, 5.41) is 0. The van der Waals surface area contributed by atoms with Crippen LogP contribution in [-0.4, -0.2) is 44.4 Å². The Balaban J connectivity index is 1.66. The molecule has 2 bridgehead atoms. The fourth-order valence-corrected chi connectivity index (χ4v) is 5.35. The van der Waals surface area contributed by atoms with Gasteiger partial charge < -0.3 is 9.64 Å². The van der Waals surface area contributed by atoms with Gasteiger partial charge in [-0.2, -0.15) is 4.31 Å². The minimum Gasteiger partial charge on any atom is -0.487 e. The molecule has 1 amide bonds. The summed E-state index contributed by atoms with van der Waals surface area (Å²) in [6.07, 6.45) is 0.0373. The van der Waals surface area contributed by atoms with Gasteiger partial charge >= 0.3 is 0 Å². The lowest BCUT2D eigenvalue weighted by atomic mass is 10.1. The number of hydrogen-bond donors (Lipinski definition) is 0. The van der Waals surface area contributed by atoms with Crippen molar-refractivity contribution >= 4 is 21.6 Å². The maximum Gasteiger partial charge on any atom is 0.245 e. The van der Waals surface area contributed by atoms with Gasteiger partial charge in [0.05, 0.1) is 18.0 Å². The van der Waals surface area contributed by atoms with Crippen molar-refractivity contribution in [3.8, 4) is 5.75 Å². The van der Waals surface area contributed by atoms with Crippen LogP contribution in [0, 0.1) is 0 Å². The van der Waals surface area contributed by atoms with E-state index in [0.717, 1.165) is 0 Å². The van der Waals surface area contributed by atoms with Crippen LogP contribution in [0.15, 0.2) is 54.6 Å². The van der Waals surface area contributed by atoms with Crippen molar-refractivity contribution < 1.29 is 17.9 Å². The van der Waals surface area contributed by atoms with Gasteiger partial charge in [-0.05, 0) is 17.7 Å². The topological polar surface area (TPSA) is 66.9 Å². The minimum atomic E-state index is -3.64. The fraction of sp³-hybridized carbons (Fsp3) is 0.316. The van der Waals surface area contributed by atoms with Gasteiger partial charge in [-0.1, -0.05) is 42.5 Å². The average Bonchev–Trinajstić information content (AvgIpc) is 3.06. The molecule has 6 nitrogen and oxygen atoms in total. The van der Waals surface area contributed by atoms with Crippen molar-refractivity contribution in [2.45, 2.75) is 24.3 Å². The largest absolute Gasteiger partial charge is 0.487 e. The fourth-order valence-electron chi connectivity index (χ4n) is 3.61. The molecule has 26 heavy (non-hydrogen) atoms. The molecule has 2 aliphatic rings. The van der Waals surface area contributed by atoms with Gasteiger partial charge in [0.2, 0.25) is 15.9 Å². The van der Waals surface area contributed by atoms with E-state index in [0.29, 0.717) is 23.4 Å². The molecule has 0 aliphatic carbocycles. The number of para-hydroxylation sites is 2. The Morgan fingerprint density at radius 3 is 2.54 bits per heavy atom. The van der Waals surface area contributed by atoms with E-state index >= 15 is 0 Å². The molecule has 2 heterocycles. The van der Waals surface area contributed by atoms with Crippen molar-refractivity contribution in [2.75, 3.05) is 18.5 Å². The third kappa shape index (κ3) is 2.97. The van der Waals surface area contributed by atoms with Crippen LogP contribution in [0.3, 0.4) is 0 Å². The number of likely N-dealkylation sites (N-methyl/N-ethyl adjacent to an activating group) is 1. The molecular formula is C19H20N2O4S. The summed E-state index contributed by atoms with van der Waals surface area (Å²) < 4.78 is 33.3. The highest BCUT2D eigenvalue weighted by molar-refractivity contribution is 7.88. The van der Waals surface area contributed by atoms with E-state index < -0.39 is 16.1 Å². The highest BCUT2D eigenvalue weighted by atomic mass is 32.2. The minimum absolute atomic E-state index is 0.124. The number of fused-ring (bicyclic) bond motifs is 3. The van der Waals surface area contributed by atoms with E-state index in [2.05, 4.69) is 0 Å². The first-order chi connectivity index (χ1) is 12.5. The molecule has 2 atom stereocenters. The highest BCUT2D eigenvalue weighted by Gasteiger charge is 2.47. The number of anilines is 1. The molecule has 0 saturated carbocycles. The second-order valence-corrected chi connectivity index (χ2v) is 8.59. The molecule has 0 unspecified atom stereocenters. The number of sulfonamides is 1. The van der Waals surface area contributed by atoms with Gasteiger partial charge in [-0.15, -0.1) is 0 Å². The summed E-state index contributed by atoms with van der Waals surface area (Å²) >= 11 is 0. The Morgan fingerprint density at radius 2 is 1.77 bits per heavy atom. The summed E-state index contributed by atoms with van der Waals surface area (Å²) in [5.74, 6) is 0.259. The summed E-state index contributed by atoms with van der Waals surface area (Å²) in [7, 11) is -1.98. The lowest BCUT2D eigenvalue weighted by molar-refractivity contribution is -0.121. The normalized spacial score (nSPS) is 23.1. The molecule has 136 valence electrons. The van der Waals surface area contributed by atoms with Crippen LogP contribution in [0.25, 0.3) is 0 Å². The van der Waals surface area contributed by atoms with Crippen LogP contribution in [-0.2, 0) is 20.6 Å². The van der Waals surface area contributed by atoms with Crippen LogP contribution >= 0.6 is 0 Å². The number of benzene rings is 2. The summed E-state index contributed by atoms with van der Waals surface area (Å²) in [6, 6.07) is 15.6. The molecule has 2 aromatic carbocycles. The number of hydrogen-bond acceptors (Lipinski definition) is 4. The Morgan fingerprint density at radius 1 is 1.08 bits per heavy atom. The number of carbonyl (C=O) groups excluding carboxylic acids is 1.